The molecule has 0 saturated heterocycles. The Morgan fingerprint density at radius 3 is 2.22 bits per heavy atom. The Balaban J connectivity index is 2.40. The first kappa shape index (κ1) is 14.3. The fourth-order valence-electron chi connectivity index (χ4n) is 1.22. The predicted molar refractivity (Wildman–Crippen MR) is 84.9 cm³/mol. The van der Waals surface area contributed by atoms with Crippen molar-refractivity contribution in [3.05, 3.63) is 66.3 Å². The molecule has 0 nitrogen and oxygen atoms in total. The monoisotopic (exact) mass is 252 g/mol. The molecule has 0 aliphatic rings. The standard InChI is InChI=1S/C17H20Si/c1-18(2,3)16-12-7-5-4-6-9-13-17-14-10-8-11-15-17/h4-11,13-15H,1-3H3/b6-4+,7-5+,13-9+. The summed E-state index contributed by atoms with van der Waals surface area (Å²) in [4.78, 5) is 0. The summed E-state index contributed by atoms with van der Waals surface area (Å²) in [5.41, 5.74) is 4.50. The first-order valence-corrected chi connectivity index (χ1v) is 9.65. The highest BCUT2D eigenvalue weighted by atomic mass is 28.3. The van der Waals surface area contributed by atoms with Gasteiger partial charge in [-0.3, -0.25) is 0 Å². The Labute approximate surface area is 112 Å². The fraction of sp³-hybridized carbons (Fsp3) is 0.176. The van der Waals surface area contributed by atoms with Gasteiger partial charge >= 0.3 is 0 Å². The van der Waals surface area contributed by atoms with Crippen molar-refractivity contribution >= 4 is 14.1 Å². The topological polar surface area (TPSA) is 0 Å². The highest BCUT2D eigenvalue weighted by molar-refractivity contribution is 6.83. The minimum atomic E-state index is -1.23. The summed E-state index contributed by atoms with van der Waals surface area (Å²) in [7, 11) is -1.23. The van der Waals surface area contributed by atoms with Gasteiger partial charge in [-0.1, -0.05) is 86.3 Å². The van der Waals surface area contributed by atoms with Gasteiger partial charge in [-0.15, -0.1) is 5.54 Å². The summed E-state index contributed by atoms with van der Waals surface area (Å²) in [5, 5.41) is 0. The lowest BCUT2D eigenvalue weighted by Gasteiger charge is -2.01. The molecule has 0 aromatic heterocycles. The zero-order valence-corrected chi connectivity index (χ0v) is 12.4. The number of hydrogen-bond acceptors (Lipinski definition) is 0. The lowest BCUT2D eigenvalue weighted by atomic mass is 10.2. The normalized spacial score (nSPS) is 12.2. The van der Waals surface area contributed by atoms with Crippen LogP contribution in [0.3, 0.4) is 0 Å². The second-order valence-electron chi connectivity index (χ2n) is 5.03. The highest BCUT2D eigenvalue weighted by Crippen LogP contribution is 2.00. The van der Waals surface area contributed by atoms with Gasteiger partial charge in [0.25, 0.3) is 0 Å². The van der Waals surface area contributed by atoms with Crippen LogP contribution >= 0.6 is 0 Å². The van der Waals surface area contributed by atoms with Crippen LogP contribution in [0.15, 0.2) is 60.7 Å². The van der Waals surface area contributed by atoms with Crippen molar-refractivity contribution in [1.82, 2.24) is 0 Å². The van der Waals surface area contributed by atoms with E-state index in [0.29, 0.717) is 0 Å². The van der Waals surface area contributed by atoms with Gasteiger partial charge in [0.2, 0.25) is 0 Å². The average Bonchev–Trinajstić information content (AvgIpc) is 2.32. The van der Waals surface area contributed by atoms with E-state index in [1.807, 2.05) is 48.6 Å². The molecule has 0 fully saturated rings. The van der Waals surface area contributed by atoms with E-state index in [9.17, 15) is 0 Å². The summed E-state index contributed by atoms with van der Waals surface area (Å²) < 4.78 is 0. The van der Waals surface area contributed by atoms with Gasteiger partial charge in [-0.05, 0) is 11.6 Å². The summed E-state index contributed by atoms with van der Waals surface area (Å²) >= 11 is 0. The van der Waals surface area contributed by atoms with Gasteiger partial charge in [0.15, 0.2) is 0 Å². The Morgan fingerprint density at radius 1 is 0.889 bits per heavy atom. The third-order valence-electron chi connectivity index (χ3n) is 2.05. The molecule has 92 valence electrons. The van der Waals surface area contributed by atoms with Crippen LogP contribution in [0.1, 0.15) is 5.56 Å². The first-order chi connectivity index (χ1) is 8.58. The molecule has 0 amide bonds. The molecule has 0 bridgehead atoms. The molecule has 0 unspecified atom stereocenters. The Morgan fingerprint density at radius 2 is 1.56 bits per heavy atom. The van der Waals surface area contributed by atoms with E-state index >= 15 is 0 Å². The van der Waals surface area contributed by atoms with E-state index in [1.54, 1.807) is 0 Å². The van der Waals surface area contributed by atoms with Crippen LogP contribution < -0.4 is 0 Å². The predicted octanol–water partition coefficient (Wildman–Crippen LogP) is 4.69. The maximum Gasteiger partial charge on any atom is 0.129 e. The molecule has 0 N–H and O–H groups in total. The SMILES string of the molecule is C[Si](C)(C)C#C/C=C/C=C/C=C/c1ccccc1. The van der Waals surface area contributed by atoms with E-state index in [-0.39, 0.29) is 0 Å². The molecule has 18 heavy (non-hydrogen) atoms. The third kappa shape index (κ3) is 7.48. The van der Waals surface area contributed by atoms with Crippen LogP contribution in [0.2, 0.25) is 19.6 Å². The van der Waals surface area contributed by atoms with Crippen LogP contribution in [0.25, 0.3) is 6.08 Å². The third-order valence-corrected chi connectivity index (χ3v) is 2.94. The number of allylic oxidation sites excluding steroid dienone is 5. The molecule has 0 spiro atoms. The molecular weight excluding hydrogens is 232 g/mol. The van der Waals surface area contributed by atoms with Crippen molar-refractivity contribution < 1.29 is 0 Å². The molecule has 0 radical (unpaired) electrons. The fourth-order valence-corrected chi connectivity index (χ4v) is 1.74. The van der Waals surface area contributed by atoms with Crippen molar-refractivity contribution in [2.24, 2.45) is 0 Å². The van der Waals surface area contributed by atoms with Gasteiger partial charge in [-0.2, -0.15) is 0 Å². The van der Waals surface area contributed by atoms with Gasteiger partial charge in [0, 0.05) is 0 Å². The van der Waals surface area contributed by atoms with E-state index in [4.69, 9.17) is 0 Å². The zero-order valence-electron chi connectivity index (χ0n) is 11.4. The number of benzene rings is 1. The number of hydrogen-bond donors (Lipinski definition) is 0. The molecular formula is C17H20Si. The average molecular weight is 252 g/mol. The van der Waals surface area contributed by atoms with E-state index in [1.165, 1.54) is 5.56 Å². The maximum atomic E-state index is 3.29. The van der Waals surface area contributed by atoms with Crippen LogP contribution in [-0.2, 0) is 0 Å². The van der Waals surface area contributed by atoms with Crippen molar-refractivity contribution in [2.45, 2.75) is 19.6 Å². The van der Waals surface area contributed by atoms with E-state index < -0.39 is 8.07 Å². The highest BCUT2D eigenvalue weighted by Gasteiger charge is 2.06. The second-order valence-corrected chi connectivity index (χ2v) is 9.78. The maximum absolute atomic E-state index is 3.29. The second kappa shape index (κ2) is 7.52. The summed E-state index contributed by atoms with van der Waals surface area (Å²) in [5.74, 6) is 3.09. The largest absolute Gasteiger partial charge is 0.129 e. The molecule has 1 heteroatoms. The smallest absolute Gasteiger partial charge is 0.127 e. The minimum absolute atomic E-state index is 1.21. The summed E-state index contributed by atoms with van der Waals surface area (Å²) in [6.45, 7) is 6.73. The van der Waals surface area contributed by atoms with Crippen molar-refractivity contribution in [3.8, 4) is 11.5 Å². The van der Waals surface area contributed by atoms with Crippen LogP contribution in [0.5, 0.6) is 0 Å². The molecule has 1 aromatic carbocycles. The summed E-state index contributed by atoms with van der Waals surface area (Å²) in [6.07, 6.45) is 12.0. The number of rotatable bonds is 3. The van der Waals surface area contributed by atoms with Crippen molar-refractivity contribution in [2.75, 3.05) is 0 Å². The van der Waals surface area contributed by atoms with Gasteiger partial charge in [0.05, 0.1) is 0 Å². The lowest BCUT2D eigenvalue weighted by molar-refractivity contribution is 1.66. The Kier molecular flexibility index (Phi) is 5.97. The van der Waals surface area contributed by atoms with Gasteiger partial charge in [-0.25, -0.2) is 0 Å². The molecule has 0 aliphatic carbocycles. The van der Waals surface area contributed by atoms with Gasteiger partial charge in [0.1, 0.15) is 8.07 Å². The zero-order chi connectivity index (χ0) is 13.3. The van der Waals surface area contributed by atoms with Crippen molar-refractivity contribution in [3.63, 3.8) is 0 Å². The summed E-state index contributed by atoms with van der Waals surface area (Å²) in [6, 6.07) is 10.3. The molecule has 0 atom stereocenters. The molecule has 1 aromatic rings. The first-order valence-electron chi connectivity index (χ1n) is 6.15. The molecule has 0 heterocycles. The van der Waals surface area contributed by atoms with E-state index in [0.717, 1.165) is 0 Å². The van der Waals surface area contributed by atoms with Gasteiger partial charge < -0.3 is 0 Å². The molecule has 0 aliphatic heterocycles. The Hall–Kier alpha value is -1.78. The quantitative estimate of drug-likeness (QED) is 0.416. The Bertz CT molecular complexity index is 488. The van der Waals surface area contributed by atoms with E-state index in [2.05, 4.69) is 49.3 Å². The molecule has 0 saturated carbocycles. The van der Waals surface area contributed by atoms with Crippen LogP contribution in [-0.4, -0.2) is 8.07 Å². The van der Waals surface area contributed by atoms with Crippen molar-refractivity contribution in [1.29, 1.82) is 0 Å². The lowest BCUT2D eigenvalue weighted by Crippen LogP contribution is -2.16. The molecule has 1 rings (SSSR count). The van der Waals surface area contributed by atoms with Crippen LogP contribution in [0, 0.1) is 11.5 Å². The van der Waals surface area contributed by atoms with Crippen LogP contribution in [0.4, 0.5) is 0 Å². The minimum Gasteiger partial charge on any atom is -0.127 e.